The summed E-state index contributed by atoms with van der Waals surface area (Å²) in [7, 11) is -11.0. The summed E-state index contributed by atoms with van der Waals surface area (Å²) in [6.07, 6.45) is -0.751. The van der Waals surface area contributed by atoms with E-state index in [1.54, 1.807) is 20.8 Å². The smallest absolute Gasteiger partial charge is 0.410 e. The Morgan fingerprint density at radius 3 is 2.02 bits per heavy atom. The molecule has 0 saturated heterocycles. The maximum Gasteiger partial charge on any atom is 0.410 e. The summed E-state index contributed by atoms with van der Waals surface area (Å²) in [5.74, 6) is -0.700. The predicted octanol–water partition coefficient (Wildman–Crippen LogP) is 4.75. The Bertz CT molecular complexity index is 1690. The highest BCUT2D eigenvalue weighted by Gasteiger charge is 2.52. The van der Waals surface area contributed by atoms with Crippen molar-refractivity contribution in [1.29, 1.82) is 0 Å². The van der Waals surface area contributed by atoms with Gasteiger partial charge in [0.05, 0.1) is 23.3 Å². The second-order valence-corrected chi connectivity index (χ2v) is 23.4. The van der Waals surface area contributed by atoms with Gasteiger partial charge in [0.15, 0.2) is 26.3 Å². The van der Waals surface area contributed by atoms with Crippen LogP contribution >= 0.6 is 11.3 Å². The van der Waals surface area contributed by atoms with Gasteiger partial charge in [-0.3, -0.25) is 0 Å². The zero-order chi connectivity index (χ0) is 33.2. The van der Waals surface area contributed by atoms with Gasteiger partial charge in [-0.15, -0.1) is 11.3 Å². The third-order valence-electron chi connectivity index (χ3n) is 8.50. The average molecular weight is 692 g/mol. The van der Waals surface area contributed by atoms with E-state index in [1.807, 2.05) is 60.7 Å². The van der Waals surface area contributed by atoms with Crippen molar-refractivity contribution in [2.24, 2.45) is 0 Å². The van der Waals surface area contributed by atoms with Gasteiger partial charge in [-0.05, 0) is 38.3 Å². The molecule has 45 heavy (non-hydrogen) atoms. The fraction of sp³-hybridized carbons (Fsp3) is 0.438. The predicted molar refractivity (Wildman–Crippen MR) is 178 cm³/mol. The standard InChI is InChI=1S/C32H41NO8S3Si/c1-7-33(31(35)41-21-28(34)40-8-2)27-19-23(3)44(38,39)30-26(27)20-29(42-30)43(36,37)22-45(32(4,5)6,24-15-11-9-12-16-24)25-17-13-10-14-18-25/h9-18,20,23,27H,7-8,19,21-22H2,1-6H3/t23-,27-/m0/s1. The second-order valence-electron chi connectivity index (χ2n) is 12.2. The van der Waals surface area contributed by atoms with E-state index in [0.29, 0.717) is 0 Å². The molecule has 0 radical (unpaired) electrons. The molecule has 0 spiro atoms. The fourth-order valence-electron chi connectivity index (χ4n) is 6.12. The van der Waals surface area contributed by atoms with Gasteiger partial charge in [-0.2, -0.15) is 0 Å². The van der Waals surface area contributed by atoms with Gasteiger partial charge < -0.3 is 14.4 Å². The number of carbonyl (C=O) groups is 2. The van der Waals surface area contributed by atoms with Crippen LogP contribution in [0.4, 0.5) is 4.79 Å². The lowest BCUT2D eigenvalue weighted by Gasteiger charge is -2.43. The van der Waals surface area contributed by atoms with Crippen molar-refractivity contribution < 1.29 is 35.9 Å². The number of esters is 1. The van der Waals surface area contributed by atoms with E-state index in [9.17, 15) is 26.4 Å². The van der Waals surface area contributed by atoms with Gasteiger partial charge in [0.1, 0.15) is 16.5 Å². The second kappa shape index (κ2) is 13.4. The Morgan fingerprint density at radius 2 is 1.53 bits per heavy atom. The first-order valence-electron chi connectivity index (χ1n) is 14.9. The molecule has 0 aliphatic carbocycles. The minimum Gasteiger partial charge on any atom is -0.463 e. The van der Waals surface area contributed by atoms with Crippen LogP contribution in [0, 0.1) is 0 Å². The number of fused-ring (bicyclic) bond motifs is 1. The number of ether oxygens (including phenoxy) is 2. The van der Waals surface area contributed by atoms with Crippen molar-refractivity contribution in [2.75, 3.05) is 25.1 Å². The third-order valence-corrected chi connectivity index (χ3v) is 22.4. The topological polar surface area (TPSA) is 124 Å². The minimum atomic E-state index is -4.04. The van der Waals surface area contributed by atoms with Gasteiger partial charge in [0, 0.05) is 12.1 Å². The van der Waals surface area contributed by atoms with Crippen molar-refractivity contribution in [2.45, 2.75) is 72.7 Å². The van der Waals surface area contributed by atoms with Gasteiger partial charge >= 0.3 is 12.1 Å². The zero-order valence-corrected chi connectivity index (χ0v) is 29.9. The van der Waals surface area contributed by atoms with Gasteiger partial charge in [0.25, 0.3) is 0 Å². The van der Waals surface area contributed by atoms with E-state index >= 15 is 0 Å². The summed E-state index contributed by atoms with van der Waals surface area (Å²) in [6, 6.07) is 20.1. The van der Waals surface area contributed by atoms with Crippen LogP contribution in [-0.2, 0) is 33.9 Å². The van der Waals surface area contributed by atoms with Crippen LogP contribution in [0.3, 0.4) is 0 Å². The Hall–Kier alpha value is -3.00. The molecule has 1 amide bonds. The maximum absolute atomic E-state index is 14.6. The first-order chi connectivity index (χ1) is 21.1. The van der Waals surface area contributed by atoms with Crippen LogP contribution in [0.15, 0.2) is 75.1 Å². The van der Waals surface area contributed by atoms with Crippen molar-refractivity contribution >= 4 is 61.5 Å². The van der Waals surface area contributed by atoms with Crippen molar-refractivity contribution in [1.82, 2.24) is 4.90 Å². The number of carbonyl (C=O) groups excluding carboxylic acids is 2. The molecule has 244 valence electrons. The molecule has 0 unspecified atom stereocenters. The maximum atomic E-state index is 14.6. The molecule has 0 saturated carbocycles. The van der Waals surface area contributed by atoms with E-state index in [-0.39, 0.29) is 38.9 Å². The zero-order valence-electron chi connectivity index (χ0n) is 26.5. The van der Waals surface area contributed by atoms with Crippen LogP contribution in [0.1, 0.15) is 59.6 Å². The number of hydrogen-bond donors (Lipinski definition) is 0. The summed E-state index contributed by atoms with van der Waals surface area (Å²) < 4.78 is 66.2. The molecule has 13 heteroatoms. The summed E-state index contributed by atoms with van der Waals surface area (Å²) in [5, 5.41) is 0.456. The molecule has 2 heterocycles. The Labute approximate surface area is 271 Å². The molecular weight excluding hydrogens is 651 g/mol. The molecule has 1 aliphatic rings. The van der Waals surface area contributed by atoms with Crippen LogP contribution in [-0.4, -0.2) is 72.3 Å². The first-order valence-corrected chi connectivity index (χ1v) is 21.1. The van der Waals surface area contributed by atoms with Crippen LogP contribution < -0.4 is 10.4 Å². The molecule has 0 N–H and O–H groups in total. The molecule has 4 rings (SSSR count). The molecule has 3 aromatic rings. The molecule has 2 aromatic carbocycles. The summed E-state index contributed by atoms with van der Waals surface area (Å²) in [6.45, 7) is 10.8. The number of rotatable bonds is 10. The number of sulfone groups is 2. The quantitative estimate of drug-likeness (QED) is 0.221. The Morgan fingerprint density at radius 1 is 0.978 bits per heavy atom. The van der Waals surface area contributed by atoms with Crippen LogP contribution in [0.5, 0.6) is 0 Å². The molecule has 9 nitrogen and oxygen atoms in total. The fourth-order valence-corrected chi connectivity index (χ4v) is 20.6. The monoisotopic (exact) mass is 691 g/mol. The van der Waals surface area contributed by atoms with Gasteiger partial charge in [-0.1, -0.05) is 91.8 Å². The molecule has 0 fully saturated rings. The third kappa shape index (κ3) is 6.77. The lowest BCUT2D eigenvalue weighted by molar-refractivity contribution is -0.146. The molecule has 1 aliphatic heterocycles. The van der Waals surface area contributed by atoms with Crippen LogP contribution in [0.25, 0.3) is 0 Å². The lowest BCUT2D eigenvalue weighted by atomic mass is 10.0. The van der Waals surface area contributed by atoms with Gasteiger partial charge in [-0.25, -0.2) is 26.4 Å². The molecular formula is C32H41NO8S3Si. The Balaban J connectivity index is 1.83. The van der Waals surface area contributed by atoms with E-state index in [4.69, 9.17) is 9.47 Å². The van der Waals surface area contributed by atoms with E-state index in [2.05, 4.69) is 20.8 Å². The largest absolute Gasteiger partial charge is 0.463 e. The lowest BCUT2D eigenvalue weighted by Crippen LogP contribution is -2.68. The van der Waals surface area contributed by atoms with Crippen molar-refractivity contribution in [3.8, 4) is 0 Å². The summed E-state index contributed by atoms with van der Waals surface area (Å²) >= 11 is 0.756. The molecule has 1 aromatic heterocycles. The van der Waals surface area contributed by atoms with E-state index < -0.39 is 62.7 Å². The van der Waals surface area contributed by atoms with E-state index in [0.717, 1.165) is 21.7 Å². The van der Waals surface area contributed by atoms with Gasteiger partial charge in [0.2, 0.25) is 0 Å². The van der Waals surface area contributed by atoms with Crippen molar-refractivity contribution in [3.05, 3.63) is 72.3 Å². The number of thiophene rings is 1. The minimum absolute atomic E-state index is 0.0425. The average Bonchev–Trinajstić information content (AvgIpc) is 3.47. The highest BCUT2D eigenvalue weighted by molar-refractivity contribution is 7.97. The van der Waals surface area contributed by atoms with Crippen LogP contribution in [0.2, 0.25) is 5.04 Å². The summed E-state index contributed by atoms with van der Waals surface area (Å²) in [5.41, 5.74) is 0.258. The summed E-state index contributed by atoms with van der Waals surface area (Å²) in [4.78, 5) is 26.3. The Kier molecular flexibility index (Phi) is 10.4. The SMILES string of the molecule is CCOC(=O)COC(=O)N(CC)[C@H]1C[C@H](C)S(=O)(=O)c2sc(S(=O)(=O)C[Si](c3ccccc3)(c3ccccc3)C(C)(C)C)cc21. The number of benzene rings is 2. The number of nitrogens with zero attached hydrogens (tertiary/aromatic N) is 1. The molecule has 0 bridgehead atoms. The number of amides is 1. The molecule has 2 atom stereocenters. The highest BCUT2D eigenvalue weighted by atomic mass is 32.3. The van der Waals surface area contributed by atoms with Crippen molar-refractivity contribution in [3.63, 3.8) is 0 Å². The van der Waals surface area contributed by atoms with E-state index in [1.165, 1.54) is 11.0 Å². The normalized spacial score (nSPS) is 18.1. The highest BCUT2D eigenvalue weighted by Crippen LogP contribution is 2.46. The number of hydrogen-bond acceptors (Lipinski definition) is 9. The first kappa shape index (κ1) is 34.9.